The average Bonchev–Trinajstić information content (AvgIpc) is 1.82. The van der Waals surface area contributed by atoms with Crippen molar-refractivity contribution in [2.24, 2.45) is 5.73 Å². The summed E-state index contributed by atoms with van der Waals surface area (Å²) in [5.41, 5.74) is 2.97. The van der Waals surface area contributed by atoms with Crippen LogP contribution in [0.4, 0.5) is 0 Å². The van der Waals surface area contributed by atoms with E-state index in [0.29, 0.717) is 0 Å². The van der Waals surface area contributed by atoms with Crippen LogP contribution in [0.5, 0.6) is 0 Å². The SMILES string of the molecule is N[C@H](C(=O)O)C(=O)[P+](O)(O)O. The van der Waals surface area contributed by atoms with Crippen molar-refractivity contribution in [2.75, 3.05) is 0 Å². The van der Waals surface area contributed by atoms with Crippen LogP contribution in [0.3, 0.4) is 0 Å². The number of nitrogens with two attached hydrogens (primary N) is 1. The first-order valence-electron chi connectivity index (χ1n) is 2.37. The molecule has 7 nitrogen and oxygen atoms in total. The molecule has 0 rings (SSSR count). The van der Waals surface area contributed by atoms with E-state index in [1.165, 1.54) is 0 Å². The number of hydrogen-bond acceptors (Lipinski definition) is 6. The highest BCUT2D eigenvalue weighted by atomic mass is 31.2. The molecule has 11 heavy (non-hydrogen) atoms. The lowest BCUT2D eigenvalue weighted by atomic mass is 10.4. The summed E-state index contributed by atoms with van der Waals surface area (Å²) in [4.78, 5) is 45.0. The van der Waals surface area contributed by atoms with Crippen molar-refractivity contribution in [1.29, 1.82) is 0 Å². The molecule has 0 spiro atoms. The molecule has 0 aromatic carbocycles. The number of carboxylic acid groups (broad SMARTS) is 1. The van der Waals surface area contributed by atoms with Gasteiger partial charge in [-0.2, -0.15) is 14.7 Å². The molecule has 0 amide bonds. The van der Waals surface area contributed by atoms with Gasteiger partial charge < -0.3 is 10.8 Å². The van der Waals surface area contributed by atoms with Gasteiger partial charge >= 0.3 is 19.4 Å². The highest BCUT2D eigenvalue weighted by Gasteiger charge is 2.49. The molecule has 0 aliphatic carbocycles. The Morgan fingerprint density at radius 1 is 1.27 bits per heavy atom. The molecular weight excluding hydrogens is 177 g/mol. The van der Waals surface area contributed by atoms with Crippen LogP contribution < -0.4 is 5.73 Å². The fourth-order valence-corrected chi connectivity index (χ4v) is 0.776. The van der Waals surface area contributed by atoms with Gasteiger partial charge in [-0.3, -0.25) is 0 Å². The second-order valence-electron chi connectivity index (χ2n) is 1.72. The number of carboxylic acids is 1. The number of aliphatic carboxylic acids is 1. The molecule has 0 saturated carbocycles. The van der Waals surface area contributed by atoms with Crippen molar-refractivity contribution in [3.63, 3.8) is 0 Å². The largest absolute Gasteiger partial charge is 0.481 e. The van der Waals surface area contributed by atoms with Crippen molar-refractivity contribution < 1.29 is 29.4 Å². The van der Waals surface area contributed by atoms with Gasteiger partial charge in [-0.1, -0.05) is 0 Å². The molecule has 0 aliphatic rings. The quantitative estimate of drug-likeness (QED) is 0.244. The van der Waals surface area contributed by atoms with E-state index in [4.69, 9.17) is 19.8 Å². The Bertz CT molecular complexity index is 185. The standard InChI is InChI=1S/C3H6NO6P/c4-1(2(5)6)3(7)11(8,9)10/h1,8-10H,4H2/p+1/t1-/m1/s1. The first-order valence-corrected chi connectivity index (χ1v) is 4.01. The number of carbonyl (C=O) groups is 2. The van der Waals surface area contributed by atoms with Gasteiger partial charge in [0.25, 0.3) is 0 Å². The van der Waals surface area contributed by atoms with E-state index in [0.717, 1.165) is 0 Å². The Morgan fingerprint density at radius 3 is 1.73 bits per heavy atom. The molecule has 6 N–H and O–H groups in total. The minimum atomic E-state index is -4.76. The summed E-state index contributed by atoms with van der Waals surface area (Å²) in [6, 6.07) is -2.09. The second kappa shape index (κ2) is 3.21. The summed E-state index contributed by atoms with van der Waals surface area (Å²) >= 11 is 0. The lowest BCUT2D eigenvalue weighted by molar-refractivity contribution is -0.141. The van der Waals surface area contributed by atoms with Crippen LogP contribution in [-0.2, 0) is 9.59 Å². The summed E-state index contributed by atoms with van der Waals surface area (Å²) < 4.78 is 0. The Hall–Kier alpha value is -0.590. The van der Waals surface area contributed by atoms with E-state index in [9.17, 15) is 9.59 Å². The lowest BCUT2D eigenvalue weighted by Gasteiger charge is -2.03. The molecule has 0 unspecified atom stereocenters. The predicted octanol–water partition coefficient (Wildman–Crippen LogP) is -2.34. The van der Waals surface area contributed by atoms with Crippen LogP contribution in [0.15, 0.2) is 0 Å². The molecule has 0 heterocycles. The van der Waals surface area contributed by atoms with Crippen LogP contribution in [0.2, 0.25) is 0 Å². The van der Waals surface area contributed by atoms with E-state index in [-0.39, 0.29) is 0 Å². The summed E-state index contributed by atoms with van der Waals surface area (Å²) in [7, 11) is -4.76. The molecule has 0 aromatic heterocycles. The van der Waals surface area contributed by atoms with Crippen LogP contribution in [0, 0.1) is 0 Å². The van der Waals surface area contributed by atoms with Crippen LogP contribution >= 0.6 is 7.94 Å². The molecule has 0 bridgehead atoms. The minimum Gasteiger partial charge on any atom is -0.480 e. The third-order valence-corrected chi connectivity index (χ3v) is 1.70. The van der Waals surface area contributed by atoms with Gasteiger partial charge in [-0.15, -0.1) is 0 Å². The van der Waals surface area contributed by atoms with Gasteiger partial charge in [-0.05, 0) is 0 Å². The highest BCUT2D eigenvalue weighted by molar-refractivity contribution is 7.76. The van der Waals surface area contributed by atoms with Crippen molar-refractivity contribution in [1.82, 2.24) is 0 Å². The molecular formula is C3H7NO6P+. The summed E-state index contributed by atoms with van der Waals surface area (Å²) in [6.07, 6.45) is 0. The first-order chi connectivity index (χ1) is 4.76. The fourth-order valence-electron chi connectivity index (χ4n) is 0.292. The smallest absolute Gasteiger partial charge is 0.480 e. The Morgan fingerprint density at radius 2 is 1.64 bits per heavy atom. The molecule has 64 valence electrons. The van der Waals surface area contributed by atoms with E-state index >= 15 is 0 Å². The highest BCUT2D eigenvalue weighted by Crippen LogP contribution is 2.45. The second-order valence-corrected chi connectivity index (χ2v) is 3.30. The van der Waals surface area contributed by atoms with Crippen molar-refractivity contribution in [3.05, 3.63) is 0 Å². The number of carbonyl (C=O) groups excluding carboxylic acids is 1. The first kappa shape index (κ1) is 10.4. The Balaban J connectivity index is 4.39. The van der Waals surface area contributed by atoms with Crippen molar-refractivity contribution >= 4 is 19.4 Å². The lowest BCUT2D eigenvalue weighted by Crippen LogP contribution is -2.39. The van der Waals surface area contributed by atoms with Gasteiger partial charge in [-0.25, -0.2) is 9.59 Å². The number of rotatable bonds is 3. The van der Waals surface area contributed by atoms with Crippen LogP contribution in [0.1, 0.15) is 0 Å². The van der Waals surface area contributed by atoms with Gasteiger partial charge in [0.15, 0.2) is 0 Å². The summed E-state index contributed by atoms with van der Waals surface area (Å²) in [5.74, 6) is -1.73. The van der Waals surface area contributed by atoms with Gasteiger partial charge in [0.2, 0.25) is 6.04 Å². The average molecular weight is 184 g/mol. The monoisotopic (exact) mass is 184 g/mol. The molecule has 1 atom stereocenters. The Labute approximate surface area is 61.7 Å². The van der Waals surface area contributed by atoms with E-state index in [1.54, 1.807) is 0 Å². The maximum absolute atomic E-state index is 10.4. The van der Waals surface area contributed by atoms with Crippen LogP contribution in [-0.4, -0.2) is 37.3 Å². The summed E-state index contributed by atoms with van der Waals surface area (Å²) in [6.45, 7) is 0. The maximum atomic E-state index is 10.4. The zero-order chi connectivity index (χ0) is 9.23. The third-order valence-electron chi connectivity index (χ3n) is 0.828. The third kappa shape index (κ3) is 2.87. The van der Waals surface area contributed by atoms with Gasteiger partial charge in [0.1, 0.15) is 0 Å². The van der Waals surface area contributed by atoms with E-state index < -0.39 is 25.5 Å². The van der Waals surface area contributed by atoms with E-state index in [1.807, 2.05) is 0 Å². The molecule has 0 aromatic rings. The fraction of sp³-hybridized carbons (Fsp3) is 0.333. The zero-order valence-electron chi connectivity index (χ0n) is 5.21. The van der Waals surface area contributed by atoms with Crippen molar-refractivity contribution in [2.45, 2.75) is 6.04 Å². The molecule has 8 heteroatoms. The number of hydrogen-bond donors (Lipinski definition) is 5. The Kier molecular flexibility index (Phi) is 3.03. The zero-order valence-corrected chi connectivity index (χ0v) is 6.10. The van der Waals surface area contributed by atoms with Gasteiger partial charge in [0.05, 0.1) is 0 Å². The maximum Gasteiger partial charge on any atom is 0.481 e. The normalized spacial score (nSPS) is 14.2. The molecule has 0 aliphatic heterocycles. The molecule has 0 fully saturated rings. The molecule has 0 radical (unpaired) electrons. The predicted molar refractivity (Wildman–Crippen MR) is 34.2 cm³/mol. The van der Waals surface area contributed by atoms with E-state index in [2.05, 4.69) is 5.73 Å². The summed E-state index contributed by atoms with van der Waals surface area (Å²) in [5, 5.41) is 8.05. The van der Waals surface area contributed by atoms with Crippen LogP contribution in [0.25, 0.3) is 0 Å². The van der Waals surface area contributed by atoms with Crippen molar-refractivity contribution in [3.8, 4) is 0 Å². The minimum absolute atomic E-state index is 1.68. The molecule has 0 saturated heterocycles. The topological polar surface area (TPSA) is 141 Å². The van der Waals surface area contributed by atoms with Gasteiger partial charge in [0, 0.05) is 0 Å².